The topological polar surface area (TPSA) is 94.4 Å². The maximum Gasteiger partial charge on any atom is 2.00 e. The van der Waals surface area contributed by atoms with Gasteiger partial charge in [0.25, 0.3) is 11.7 Å². The molecule has 0 N–H and O–H groups in total. The van der Waals surface area contributed by atoms with E-state index in [2.05, 4.69) is 10.3 Å². The minimum absolute atomic E-state index is 0. The summed E-state index contributed by atoms with van der Waals surface area (Å²) in [4.78, 5) is 38.0. The van der Waals surface area contributed by atoms with Crippen LogP contribution in [-0.4, -0.2) is 39.0 Å². The first kappa shape index (κ1) is 32.3. The Hall–Kier alpha value is -3.62. The van der Waals surface area contributed by atoms with Crippen LogP contribution in [0.15, 0.2) is 60.8 Å². The summed E-state index contributed by atoms with van der Waals surface area (Å²) in [5, 5.41) is 8.17. The zero-order valence-electron chi connectivity index (χ0n) is 23.0. The third kappa shape index (κ3) is 8.71. The van der Waals surface area contributed by atoms with Crippen LogP contribution < -0.4 is 9.64 Å². The number of carbonyl (C=O) groups excluding carboxylic acids is 3. The number of aryl methyl sites for hydroxylation is 1. The van der Waals surface area contributed by atoms with Crippen molar-refractivity contribution in [2.45, 2.75) is 19.6 Å². The summed E-state index contributed by atoms with van der Waals surface area (Å²) in [5.41, 5.74) is 1.70. The third-order valence-electron chi connectivity index (χ3n) is 6.49. The molecule has 3 aromatic rings. The molecule has 2 saturated carbocycles. The van der Waals surface area contributed by atoms with Gasteiger partial charge in [0.1, 0.15) is 23.9 Å². The van der Waals surface area contributed by atoms with Gasteiger partial charge in [-0.25, -0.2) is 4.39 Å². The van der Waals surface area contributed by atoms with Gasteiger partial charge >= 0.3 is 17.1 Å². The standard InChI is InChI=1S/C28H22FN4O4.C5H5.Fe/c29-21-9-12-25-24(16-21)27(35)28(36)33(25)15-3-14-32-17-22(30-31-32)18-37-23-10-7-20(8-11-23)26(34)13-6-19-4-1-2-5-19;1-2-4-5-3-1;/h1-2,4-13,16-17H,3,14-15,18H2;1-5H;/q;;+2/b13-6+;;. The summed E-state index contributed by atoms with van der Waals surface area (Å²) in [7, 11) is 0. The number of aromatic nitrogens is 3. The van der Waals surface area contributed by atoms with E-state index in [1.54, 1.807) is 47.3 Å². The van der Waals surface area contributed by atoms with Gasteiger partial charge < -0.3 is 9.64 Å². The molecule has 0 spiro atoms. The van der Waals surface area contributed by atoms with Crippen molar-refractivity contribution in [2.24, 2.45) is 0 Å². The average Bonchev–Trinajstić information content (AvgIpc) is 3.83. The first-order chi connectivity index (χ1) is 20.5. The Morgan fingerprint density at radius 3 is 2.30 bits per heavy atom. The zero-order valence-corrected chi connectivity index (χ0v) is 24.1. The smallest absolute Gasteiger partial charge is 0.487 e. The summed E-state index contributed by atoms with van der Waals surface area (Å²) in [5.74, 6) is -0.418. The van der Waals surface area contributed by atoms with Gasteiger partial charge in [-0.15, -0.1) is 5.10 Å². The molecule has 1 amide bonds. The Morgan fingerprint density at radius 1 is 0.907 bits per heavy atom. The fourth-order valence-electron chi connectivity index (χ4n) is 4.36. The number of Topliss-reactive ketones (excluding diaryl/α,β-unsaturated/α-hetero) is 1. The van der Waals surface area contributed by atoms with Crippen molar-refractivity contribution in [1.82, 2.24) is 15.0 Å². The van der Waals surface area contributed by atoms with Crippen molar-refractivity contribution in [1.29, 1.82) is 0 Å². The SMILES string of the molecule is O=C(/C=C/[C]1[CH][CH][CH][CH]1)c1ccc(OCc2cn(CCCN3C(=O)C(=O)c4cc(F)ccc43)nn2)cc1.[CH]1[CH][CH][CH][CH]1.[Fe+2]. The number of amides is 1. The molecule has 6 rings (SSSR count). The van der Waals surface area contributed by atoms with Crippen molar-refractivity contribution >= 4 is 23.2 Å². The Kier molecular flexibility index (Phi) is 11.8. The number of anilines is 1. The van der Waals surface area contributed by atoms with Crippen molar-refractivity contribution < 1.29 is 40.6 Å². The largest absolute Gasteiger partial charge is 2.00 e. The van der Waals surface area contributed by atoms with Crippen LogP contribution in [0.1, 0.15) is 32.8 Å². The molecule has 1 aliphatic heterocycles. The molecular weight excluding hydrogens is 591 g/mol. The zero-order chi connectivity index (χ0) is 29.3. The van der Waals surface area contributed by atoms with Crippen LogP contribution in [0.4, 0.5) is 10.1 Å². The van der Waals surface area contributed by atoms with Crippen LogP contribution in [0.2, 0.25) is 0 Å². The predicted molar refractivity (Wildman–Crippen MR) is 154 cm³/mol. The van der Waals surface area contributed by atoms with Gasteiger partial charge in [0.05, 0.1) is 17.4 Å². The van der Waals surface area contributed by atoms with Crippen LogP contribution in [0.5, 0.6) is 5.75 Å². The predicted octanol–water partition coefficient (Wildman–Crippen LogP) is 4.78. The van der Waals surface area contributed by atoms with E-state index in [0.717, 1.165) is 12.0 Å². The third-order valence-corrected chi connectivity index (χ3v) is 6.49. The molecule has 2 aromatic carbocycles. The van der Waals surface area contributed by atoms with E-state index in [9.17, 15) is 18.8 Å². The number of fused-ring (bicyclic) bond motifs is 1. The number of ether oxygens (including phenoxy) is 1. The Labute approximate surface area is 262 Å². The van der Waals surface area contributed by atoms with Crippen molar-refractivity contribution in [3.8, 4) is 5.75 Å². The number of benzene rings is 2. The Balaban J connectivity index is 0.000000641. The average molecular weight is 618 g/mol. The second-order valence-electron chi connectivity index (χ2n) is 9.47. The molecule has 10 heteroatoms. The molecule has 0 unspecified atom stereocenters. The van der Waals surface area contributed by atoms with E-state index >= 15 is 0 Å². The number of ketones is 2. The van der Waals surface area contributed by atoms with E-state index in [-0.39, 0.29) is 35.0 Å². The quantitative estimate of drug-likeness (QED) is 0.141. The fourth-order valence-corrected chi connectivity index (χ4v) is 4.36. The van der Waals surface area contributed by atoms with E-state index in [1.807, 2.05) is 57.8 Å². The molecule has 2 fully saturated rings. The molecule has 43 heavy (non-hydrogen) atoms. The molecule has 2 aliphatic carbocycles. The van der Waals surface area contributed by atoms with E-state index in [4.69, 9.17) is 4.74 Å². The summed E-state index contributed by atoms with van der Waals surface area (Å²) in [6.07, 6.45) is 23.3. The number of hydrogen-bond acceptors (Lipinski definition) is 6. The van der Waals surface area contributed by atoms with Gasteiger partial charge in [0.15, 0.2) is 5.78 Å². The van der Waals surface area contributed by atoms with Crippen molar-refractivity contribution in [3.63, 3.8) is 0 Å². The number of halogens is 1. The van der Waals surface area contributed by atoms with Crippen LogP contribution in [0.25, 0.3) is 0 Å². The van der Waals surface area contributed by atoms with Gasteiger partial charge in [-0.1, -0.05) is 11.3 Å². The molecule has 3 aliphatic rings. The van der Waals surface area contributed by atoms with E-state index in [0.29, 0.717) is 42.2 Å². The maximum atomic E-state index is 13.4. The minimum atomic E-state index is -0.693. The fraction of sp³-hybridized carbons (Fsp3) is 0.121. The number of allylic oxidation sites excluding steroid dienone is 2. The molecule has 2 heterocycles. The van der Waals surface area contributed by atoms with E-state index < -0.39 is 17.5 Å². The first-order valence-corrected chi connectivity index (χ1v) is 13.4. The molecule has 216 valence electrons. The summed E-state index contributed by atoms with van der Waals surface area (Å²) >= 11 is 0. The molecule has 0 saturated heterocycles. The van der Waals surface area contributed by atoms with Gasteiger partial charge in [-0.3, -0.25) is 19.1 Å². The first-order valence-electron chi connectivity index (χ1n) is 13.4. The van der Waals surface area contributed by atoms with Gasteiger partial charge in [0.2, 0.25) is 0 Å². The molecule has 1 aromatic heterocycles. The number of nitrogens with zero attached hydrogens (tertiary/aromatic N) is 4. The van der Waals surface area contributed by atoms with Crippen LogP contribution in [-0.2, 0) is 35.0 Å². The summed E-state index contributed by atoms with van der Waals surface area (Å²) < 4.78 is 20.8. The molecule has 0 atom stereocenters. The minimum Gasteiger partial charge on any atom is -0.487 e. The van der Waals surface area contributed by atoms with E-state index in [1.165, 1.54) is 17.0 Å². The van der Waals surface area contributed by atoms with Crippen LogP contribution >= 0.6 is 0 Å². The second kappa shape index (κ2) is 15.7. The van der Waals surface area contributed by atoms with Gasteiger partial charge in [-0.05, 0) is 113 Å². The monoisotopic (exact) mass is 618 g/mol. The van der Waals surface area contributed by atoms with Crippen molar-refractivity contribution in [2.75, 3.05) is 11.4 Å². The molecule has 8 nitrogen and oxygen atoms in total. The molecule has 10 radical (unpaired) electrons. The molecule has 0 bridgehead atoms. The number of hydrogen-bond donors (Lipinski definition) is 0. The van der Waals surface area contributed by atoms with Crippen LogP contribution in [0, 0.1) is 69.5 Å². The molecular formula is C33H27FFeN4O4+2. The summed E-state index contributed by atoms with van der Waals surface area (Å²) in [6, 6.07) is 10.6. The normalized spacial score (nSPS) is 16.3. The van der Waals surface area contributed by atoms with Crippen molar-refractivity contribution in [3.05, 3.63) is 147 Å². The number of rotatable bonds is 10. The van der Waals surface area contributed by atoms with Gasteiger partial charge in [-0.2, -0.15) is 0 Å². The second-order valence-corrected chi connectivity index (χ2v) is 9.47. The number of carbonyl (C=O) groups is 3. The Bertz CT molecular complexity index is 1420. The Morgan fingerprint density at radius 2 is 1.60 bits per heavy atom. The van der Waals surface area contributed by atoms with Crippen LogP contribution in [0.3, 0.4) is 0 Å². The summed E-state index contributed by atoms with van der Waals surface area (Å²) in [6.45, 7) is 0.959. The van der Waals surface area contributed by atoms with Gasteiger partial charge in [0, 0.05) is 24.6 Å². The maximum absolute atomic E-state index is 13.4.